The number of sulfonamides is 1. The fourth-order valence-corrected chi connectivity index (χ4v) is 2.28. The maximum atomic E-state index is 12.8. The molecule has 4 N–H and O–H groups in total. The van der Waals surface area contributed by atoms with E-state index in [9.17, 15) is 21.6 Å². The second-order valence-corrected chi connectivity index (χ2v) is 6.56. The molecule has 0 bridgehead atoms. The predicted molar refractivity (Wildman–Crippen MR) is 78.7 cm³/mol. The molecule has 0 unspecified atom stereocenters. The van der Waals surface area contributed by atoms with E-state index in [-0.39, 0.29) is 22.8 Å². The maximum Gasteiger partial charge on any atom is 0.417 e. The maximum absolute atomic E-state index is 12.8. The molecule has 0 saturated carbocycles. The van der Waals surface area contributed by atoms with Crippen molar-refractivity contribution in [3.63, 3.8) is 0 Å². The minimum Gasteiger partial charge on any atom is -0.389 e. The Labute approximate surface area is 125 Å². The van der Waals surface area contributed by atoms with Gasteiger partial charge in [-0.15, -0.1) is 0 Å². The summed E-state index contributed by atoms with van der Waals surface area (Å²) in [4.78, 5) is -0.381. The number of halogens is 3. The highest BCUT2D eigenvalue weighted by Crippen LogP contribution is 2.33. The highest BCUT2D eigenvalue weighted by atomic mass is 32.2. The topological polar surface area (TPSA) is 84.2 Å². The third-order valence-corrected chi connectivity index (χ3v) is 4.18. The lowest BCUT2D eigenvalue weighted by molar-refractivity contribution is -0.137. The van der Waals surface area contributed by atoms with Gasteiger partial charge < -0.3 is 11.1 Å². The molecule has 0 heterocycles. The Kier molecular flexibility index (Phi) is 5.54. The fourth-order valence-electron chi connectivity index (χ4n) is 1.54. The number of alkyl halides is 3. The van der Waals surface area contributed by atoms with Crippen molar-refractivity contribution >= 4 is 32.9 Å². The van der Waals surface area contributed by atoms with Crippen LogP contribution < -0.4 is 15.8 Å². The highest BCUT2D eigenvalue weighted by Gasteiger charge is 2.34. The van der Waals surface area contributed by atoms with E-state index >= 15 is 0 Å². The first kappa shape index (κ1) is 17.7. The molecule has 0 fully saturated rings. The molecule has 10 heteroatoms. The van der Waals surface area contributed by atoms with E-state index < -0.39 is 21.8 Å². The molecule has 0 aliphatic rings. The van der Waals surface area contributed by atoms with E-state index in [1.54, 1.807) is 0 Å². The van der Waals surface area contributed by atoms with Crippen LogP contribution in [0.2, 0.25) is 0 Å². The monoisotopic (exact) mass is 341 g/mol. The lowest BCUT2D eigenvalue weighted by Crippen LogP contribution is -2.26. The van der Waals surface area contributed by atoms with Gasteiger partial charge in [-0.1, -0.05) is 12.2 Å². The van der Waals surface area contributed by atoms with Gasteiger partial charge >= 0.3 is 6.18 Å². The zero-order chi connectivity index (χ0) is 16.3. The molecule has 0 aliphatic carbocycles. The van der Waals surface area contributed by atoms with Gasteiger partial charge in [0.15, 0.2) is 0 Å². The number of nitrogens with two attached hydrogens (primary N) is 1. The first-order chi connectivity index (χ1) is 9.57. The minimum absolute atomic E-state index is 0.0330. The van der Waals surface area contributed by atoms with Crippen LogP contribution >= 0.6 is 12.2 Å². The lowest BCUT2D eigenvalue weighted by Gasteiger charge is -2.14. The molecular formula is C11H14F3N3O2S2. The van der Waals surface area contributed by atoms with Crippen LogP contribution in [-0.2, 0) is 16.2 Å². The van der Waals surface area contributed by atoms with Crippen molar-refractivity contribution in [2.45, 2.75) is 6.18 Å². The molecule has 21 heavy (non-hydrogen) atoms. The van der Waals surface area contributed by atoms with Crippen molar-refractivity contribution in [1.82, 2.24) is 4.72 Å². The van der Waals surface area contributed by atoms with Crippen molar-refractivity contribution in [3.05, 3.63) is 29.3 Å². The zero-order valence-electron chi connectivity index (χ0n) is 11.0. The molecule has 0 aliphatic heterocycles. The summed E-state index contributed by atoms with van der Waals surface area (Å²) < 4.78 is 62.9. The Balaban J connectivity index is 2.92. The van der Waals surface area contributed by atoms with E-state index in [4.69, 9.17) is 5.73 Å². The van der Waals surface area contributed by atoms with E-state index in [2.05, 4.69) is 22.3 Å². The molecular weight excluding hydrogens is 327 g/mol. The molecule has 118 valence electrons. The van der Waals surface area contributed by atoms with Crippen molar-refractivity contribution in [3.8, 4) is 0 Å². The quantitative estimate of drug-likeness (QED) is 0.679. The summed E-state index contributed by atoms with van der Waals surface area (Å²) in [5.74, 6) is -0.215. The molecule has 0 aromatic heterocycles. The van der Waals surface area contributed by atoms with Crippen molar-refractivity contribution in [1.29, 1.82) is 0 Å². The molecule has 0 spiro atoms. The molecule has 1 rings (SSSR count). The summed E-state index contributed by atoms with van der Waals surface area (Å²) in [5.41, 5.74) is 4.37. The Hall–Kier alpha value is -1.39. The standard InChI is InChI=1S/C11H14F3N3O2S2/c1-16-21(18,19)5-4-17-7-2-3-9(11(12,13)14)8(6-7)10(15)20/h2-3,6,16-17H,4-5H2,1H3,(H2,15,20). The lowest BCUT2D eigenvalue weighted by atomic mass is 10.1. The number of hydrogen-bond donors (Lipinski definition) is 3. The smallest absolute Gasteiger partial charge is 0.389 e. The van der Waals surface area contributed by atoms with Crippen LogP contribution in [0.25, 0.3) is 0 Å². The van der Waals surface area contributed by atoms with Crippen LogP contribution in [0.4, 0.5) is 18.9 Å². The fraction of sp³-hybridized carbons (Fsp3) is 0.364. The Morgan fingerprint density at radius 3 is 2.48 bits per heavy atom. The van der Waals surface area contributed by atoms with Crippen LogP contribution in [0.5, 0.6) is 0 Å². The second-order valence-electron chi connectivity index (χ2n) is 4.07. The van der Waals surface area contributed by atoms with E-state index in [0.717, 1.165) is 12.1 Å². The number of thiocarbonyl (C=S) groups is 1. The van der Waals surface area contributed by atoms with Gasteiger partial charge in [0.1, 0.15) is 4.99 Å². The average Bonchev–Trinajstić information content (AvgIpc) is 2.37. The van der Waals surface area contributed by atoms with Gasteiger partial charge in [-0.25, -0.2) is 13.1 Å². The first-order valence-electron chi connectivity index (χ1n) is 5.73. The van der Waals surface area contributed by atoms with Gasteiger partial charge in [0.25, 0.3) is 0 Å². The third kappa shape index (κ3) is 5.14. The number of anilines is 1. The summed E-state index contributed by atoms with van der Waals surface area (Å²) in [6, 6.07) is 3.19. The predicted octanol–water partition coefficient (Wildman–Crippen LogP) is 1.30. The molecule has 1 aromatic rings. The van der Waals surface area contributed by atoms with Crippen LogP contribution in [0.15, 0.2) is 18.2 Å². The molecule has 5 nitrogen and oxygen atoms in total. The third-order valence-electron chi connectivity index (χ3n) is 2.60. The minimum atomic E-state index is -4.56. The van der Waals surface area contributed by atoms with Gasteiger partial charge in [-0.05, 0) is 25.2 Å². The Morgan fingerprint density at radius 1 is 1.38 bits per heavy atom. The summed E-state index contributed by atoms with van der Waals surface area (Å²) in [6.07, 6.45) is -4.56. The van der Waals surface area contributed by atoms with E-state index in [0.29, 0.717) is 5.69 Å². The molecule has 0 radical (unpaired) electrons. The van der Waals surface area contributed by atoms with Crippen LogP contribution in [0.1, 0.15) is 11.1 Å². The summed E-state index contributed by atoms with van der Waals surface area (Å²) in [5, 5.41) is 2.71. The van der Waals surface area contributed by atoms with Crippen LogP contribution in [0.3, 0.4) is 0 Å². The van der Waals surface area contributed by atoms with Crippen LogP contribution in [-0.4, -0.2) is 32.8 Å². The van der Waals surface area contributed by atoms with Gasteiger partial charge in [-0.3, -0.25) is 0 Å². The van der Waals surface area contributed by atoms with Gasteiger partial charge in [0.05, 0.1) is 11.3 Å². The van der Waals surface area contributed by atoms with Crippen LogP contribution in [0, 0.1) is 0 Å². The average molecular weight is 341 g/mol. The normalized spacial score (nSPS) is 12.2. The summed E-state index contributed by atoms with van der Waals surface area (Å²) in [6.45, 7) is 0.0330. The number of nitrogens with one attached hydrogen (secondary N) is 2. The second kappa shape index (κ2) is 6.58. The van der Waals surface area contributed by atoms with Crippen molar-refractivity contribution < 1.29 is 21.6 Å². The number of rotatable bonds is 6. The van der Waals surface area contributed by atoms with Gasteiger partial charge in [0.2, 0.25) is 10.0 Å². The molecule has 1 aromatic carbocycles. The summed E-state index contributed by atoms with van der Waals surface area (Å²) >= 11 is 4.61. The number of benzene rings is 1. The number of hydrogen-bond acceptors (Lipinski definition) is 4. The largest absolute Gasteiger partial charge is 0.417 e. The van der Waals surface area contributed by atoms with E-state index in [1.165, 1.54) is 13.1 Å². The SMILES string of the molecule is CNS(=O)(=O)CCNc1ccc(C(F)(F)F)c(C(N)=S)c1. The molecule has 0 atom stereocenters. The van der Waals surface area contributed by atoms with Crippen molar-refractivity contribution in [2.75, 3.05) is 24.7 Å². The zero-order valence-corrected chi connectivity index (χ0v) is 12.6. The first-order valence-corrected chi connectivity index (χ1v) is 7.79. The Bertz CT molecular complexity index is 630. The molecule has 0 amide bonds. The molecule has 0 saturated heterocycles. The van der Waals surface area contributed by atoms with Gasteiger partial charge in [-0.2, -0.15) is 13.2 Å². The summed E-state index contributed by atoms with van der Waals surface area (Å²) in [7, 11) is -2.11. The van der Waals surface area contributed by atoms with Crippen molar-refractivity contribution in [2.24, 2.45) is 5.73 Å². The van der Waals surface area contributed by atoms with E-state index in [1.807, 2.05) is 0 Å². The highest BCUT2D eigenvalue weighted by molar-refractivity contribution is 7.89. The Morgan fingerprint density at radius 2 is 2.00 bits per heavy atom. The van der Waals surface area contributed by atoms with Gasteiger partial charge in [0, 0.05) is 17.8 Å².